The molecule has 0 aliphatic carbocycles. The number of amides is 1. The molecule has 0 saturated carbocycles. The molecule has 6 nitrogen and oxygen atoms in total. The lowest BCUT2D eigenvalue weighted by Crippen LogP contribution is -2.50. The Balaban J connectivity index is 1.43. The Hall–Kier alpha value is -2.73. The largest absolute Gasteiger partial charge is 0.482 e. The second-order valence-electron chi connectivity index (χ2n) is 7.99. The molecule has 0 aromatic heterocycles. The van der Waals surface area contributed by atoms with Crippen LogP contribution in [0.3, 0.4) is 0 Å². The zero-order valence-corrected chi connectivity index (χ0v) is 19.0. The van der Waals surface area contributed by atoms with Crippen LogP contribution in [0, 0.1) is 6.92 Å². The van der Waals surface area contributed by atoms with Crippen molar-refractivity contribution in [1.82, 2.24) is 4.90 Å². The molecule has 1 fully saturated rings. The third-order valence-corrected chi connectivity index (χ3v) is 5.53. The first kappa shape index (κ1) is 22.9. The molecule has 31 heavy (non-hydrogen) atoms. The van der Waals surface area contributed by atoms with Crippen molar-refractivity contribution in [3.63, 3.8) is 0 Å². The molecule has 1 aliphatic rings. The fourth-order valence-electron chi connectivity index (χ4n) is 3.54. The number of benzene rings is 2. The number of aryl methyl sites for hydroxylation is 1. The summed E-state index contributed by atoms with van der Waals surface area (Å²) >= 11 is 6.06. The van der Waals surface area contributed by atoms with Crippen LogP contribution in [0.5, 0.6) is 5.75 Å². The quantitative estimate of drug-likeness (QED) is 0.603. The lowest BCUT2D eigenvalue weighted by molar-refractivity contribution is -0.153. The van der Waals surface area contributed by atoms with Gasteiger partial charge in [-0.2, -0.15) is 0 Å². The average Bonchev–Trinajstić information content (AvgIpc) is 2.76. The van der Waals surface area contributed by atoms with Crippen LogP contribution in [-0.4, -0.2) is 56.2 Å². The van der Waals surface area contributed by atoms with Crippen molar-refractivity contribution in [1.29, 1.82) is 0 Å². The smallest absolute Gasteiger partial charge is 0.344 e. The summed E-state index contributed by atoms with van der Waals surface area (Å²) in [5.74, 6) is 0.203. The van der Waals surface area contributed by atoms with Gasteiger partial charge in [0.15, 0.2) is 13.2 Å². The maximum Gasteiger partial charge on any atom is 0.344 e. The van der Waals surface area contributed by atoms with Gasteiger partial charge in [-0.1, -0.05) is 43.6 Å². The molecule has 1 saturated heterocycles. The van der Waals surface area contributed by atoms with Crippen LogP contribution < -0.4 is 9.64 Å². The number of carbonyl (C=O) groups is 2. The summed E-state index contributed by atoms with van der Waals surface area (Å²) in [6.07, 6.45) is 0. The first-order valence-electron chi connectivity index (χ1n) is 10.5. The first-order chi connectivity index (χ1) is 14.8. The number of ether oxygens (including phenoxy) is 2. The minimum absolute atomic E-state index is 0.197. The third-order valence-electron chi connectivity index (χ3n) is 5.30. The second-order valence-corrected chi connectivity index (χ2v) is 8.43. The molecule has 3 rings (SSSR count). The highest BCUT2D eigenvalue weighted by Gasteiger charge is 2.22. The number of nitrogens with zero attached hydrogens (tertiary/aromatic N) is 2. The number of halogens is 1. The van der Waals surface area contributed by atoms with E-state index in [-0.39, 0.29) is 25.0 Å². The minimum Gasteiger partial charge on any atom is -0.482 e. The molecule has 0 unspecified atom stereocenters. The summed E-state index contributed by atoms with van der Waals surface area (Å²) in [4.78, 5) is 28.4. The van der Waals surface area contributed by atoms with E-state index in [1.54, 1.807) is 4.90 Å². The molecule has 0 spiro atoms. The number of anilines is 1. The molecule has 166 valence electrons. The molecular weight excluding hydrogens is 416 g/mol. The fraction of sp³-hybridized carbons (Fsp3) is 0.417. The maximum absolute atomic E-state index is 12.4. The zero-order valence-electron chi connectivity index (χ0n) is 18.3. The summed E-state index contributed by atoms with van der Waals surface area (Å²) in [7, 11) is 0. The lowest BCUT2D eigenvalue weighted by Gasteiger charge is -2.36. The SMILES string of the molecule is Cc1ccc(C(C)C)c(OCC(=O)OCC(=O)N2CCN(c3cccc(Cl)c3)CC2)c1. The van der Waals surface area contributed by atoms with Crippen molar-refractivity contribution in [3.8, 4) is 5.75 Å². The zero-order chi connectivity index (χ0) is 22.4. The highest BCUT2D eigenvalue weighted by Crippen LogP contribution is 2.27. The predicted molar refractivity (Wildman–Crippen MR) is 122 cm³/mol. The summed E-state index contributed by atoms with van der Waals surface area (Å²) in [5, 5.41) is 0.691. The Morgan fingerprint density at radius 3 is 2.45 bits per heavy atom. The Kier molecular flexibility index (Phi) is 7.80. The molecule has 0 bridgehead atoms. The predicted octanol–water partition coefficient (Wildman–Crippen LogP) is 4.04. The molecule has 2 aromatic rings. The minimum atomic E-state index is -0.554. The van der Waals surface area contributed by atoms with Gasteiger partial charge in [0.25, 0.3) is 5.91 Å². The van der Waals surface area contributed by atoms with E-state index in [1.165, 1.54) is 0 Å². The standard InChI is InChI=1S/C24H29ClN2O4/c1-17(2)21-8-7-18(3)13-22(21)30-16-24(29)31-15-23(28)27-11-9-26(10-12-27)20-6-4-5-19(25)14-20/h4-8,13-14,17H,9-12,15-16H2,1-3H3. The Bertz CT molecular complexity index is 924. The monoisotopic (exact) mass is 444 g/mol. The van der Waals surface area contributed by atoms with Crippen LogP contribution in [0.4, 0.5) is 5.69 Å². The Labute approximate surface area is 188 Å². The maximum atomic E-state index is 12.4. The van der Waals surface area contributed by atoms with E-state index in [0.717, 1.165) is 16.8 Å². The third kappa shape index (κ3) is 6.37. The Morgan fingerprint density at radius 1 is 1.03 bits per heavy atom. The molecular formula is C24H29ClN2O4. The van der Waals surface area contributed by atoms with E-state index in [9.17, 15) is 9.59 Å². The van der Waals surface area contributed by atoms with Gasteiger partial charge in [0.2, 0.25) is 0 Å². The number of hydrogen-bond donors (Lipinski definition) is 0. The van der Waals surface area contributed by atoms with E-state index in [1.807, 2.05) is 49.4 Å². The highest BCUT2D eigenvalue weighted by molar-refractivity contribution is 6.30. The van der Waals surface area contributed by atoms with E-state index in [2.05, 4.69) is 18.7 Å². The van der Waals surface area contributed by atoms with Crippen molar-refractivity contribution in [2.24, 2.45) is 0 Å². The average molecular weight is 445 g/mol. The van der Waals surface area contributed by atoms with Gasteiger partial charge < -0.3 is 19.3 Å². The number of rotatable bonds is 7. The van der Waals surface area contributed by atoms with Crippen molar-refractivity contribution in [2.75, 3.05) is 44.3 Å². The molecule has 2 aromatic carbocycles. The number of esters is 1. The molecule has 1 aliphatic heterocycles. The van der Waals surface area contributed by atoms with Crippen LogP contribution in [0.1, 0.15) is 30.9 Å². The van der Waals surface area contributed by atoms with Gasteiger partial charge in [-0.25, -0.2) is 4.79 Å². The van der Waals surface area contributed by atoms with Crippen LogP contribution >= 0.6 is 11.6 Å². The van der Waals surface area contributed by atoms with Crippen LogP contribution in [0.2, 0.25) is 5.02 Å². The normalized spacial score (nSPS) is 14.0. The van der Waals surface area contributed by atoms with Gasteiger partial charge >= 0.3 is 5.97 Å². The van der Waals surface area contributed by atoms with E-state index in [4.69, 9.17) is 21.1 Å². The van der Waals surface area contributed by atoms with Gasteiger partial charge in [-0.05, 0) is 48.2 Å². The molecule has 0 N–H and O–H groups in total. The van der Waals surface area contributed by atoms with Gasteiger partial charge in [0.05, 0.1) is 0 Å². The highest BCUT2D eigenvalue weighted by atomic mass is 35.5. The number of carbonyl (C=O) groups excluding carboxylic acids is 2. The molecule has 1 amide bonds. The van der Waals surface area contributed by atoms with Gasteiger partial charge in [-0.15, -0.1) is 0 Å². The fourth-order valence-corrected chi connectivity index (χ4v) is 3.73. The van der Waals surface area contributed by atoms with Crippen LogP contribution in [-0.2, 0) is 14.3 Å². The lowest BCUT2D eigenvalue weighted by atomic mass is 10.0. The van der Waals surface area contributed by atoms with Crippen LogP contribution in [0.15, 0.2) is 42.5 Å². The summed E-state index contributed by atoms with van der Waals surface area (Å²) in [6, 6.07) is 13.6. The topological polar surface area (TPSA) is 59.1 Å². The Morgan fingerprint density at radius 2 is 1.77 bits per heavy atom. The number of hydrogen-bond acceptors (Lipinski definition) is 5. The van der Waals surface area contributed by atoms with E-state index < -0.39 is 5.97 Å². The molecule has 7 heteroatoms. The van der Waals surface area contributed by atoms with Gasteiger partial charge in [-0.3, -0.25) is 4.79 Å². The summed E-state index contributed by atoms with van der Waals surface area (Å²) in [5.41, 5.74) is 3.13. The first-order valence-corrected chi connectivity index (χ1v) is 10.9. The molecule has 0 radical (unpaired) electrons. The van der Waals surface area contributed by atoms with Gasteiger partial charge in [0, 0.05) is 36.9 Å². The van der Waals surface area contributed by atoms with Crippen molar-refractivity contribution in [2.45, 2.75) is 26.7 Å². The summed E-state index contributed by atoms with van der Waals surface area (Å²) < 4.78 is 10.8. The van der Waals surface area contributed by atoms with Crippen LogP contribution in [0.25, 0.3) is 0 Å². The second kappa shape index (κ2) is 10.5. The van der Waals surface area contributed by atoms with Crippen molar-refractivity contribution in [3.05, 3.63) is 58.6 Å². The number of piperazine rings is 1. The van der Waals surface area contributed by atoms with Crippen molar-refractivity contribution < 1.29 is 19.1 Å². The summed E-state index contributed by atoms with van der Waals surface area (Å²) in [6.45, 7) is 8.16. The van der Waals surface area contributed by atoms with Crippen molar-refractivity contribution >= 4 is 29.2 Å². The molecule has 1 heterocycles. The van der Waals surface area contributed by atoms with E-state index >= 15 is 0 Å². The van der Waals surface area contributed by atoms with Gasteiger partial charge in [0.1, 0.15) is 5.75 Å². The molecule has 0 atom stereocenters. The van der Waals surface area contributed by atoms with E-state index in [0.29, 0.717) is 37.0 Å².